The summed E-state index contributed by atoms with van der Waals surface area (Å²) in [6, 6.07) is 15.0. The summed E-state index contributed by atoms with van der Waals surface area (Å²) >= 11 is 0. The van der Waals surface area contributed by atoms with Crippen molar-refractivity contribution in [2.45, 2.75) is 52.2 Å². The molecule has 6 nitrogen and oxygen atoms in total. The van der Waals surface area contributed by atoms with Gasteiger partial charge in [0.25, 0.3) is 0 Å². The van der Waals surface area contributed by atoms with Crippen molar-refractivity contribution in [3.8, 4) is 17.5 Å². The summed E-state index contributed by atoms with van der Waals surface area (Å²) in [4.78, 5) is 7.27. The molecular formula is C28H30N4O2. The van der Waals surface area contributed by atoms with Gasteiger partial charge in [-0.2, -0.15) is 10.2 Å². The van der Waals surface area contributed by atoms with Crippen LogP contribution in [0.5, 0.6) is 0 Å². The van der Waals surface area contributed by atoms with E-state index in [2.05, 4.69) is 59.4 Å². The highest BCUT2D eigenvalue weighted by molar-refractivity contribution is 5.97. The maximum Gasteiger partial charge on any atom is 0.234 e. The first-order valence-electron chi connectivity index (χ1n) is 12.1. The quantitative estimate of drug-likeness (QED) is 0.456. The summed E-state index contributed by atoms with van der Waals surface area (Å²) in [5.41, 5.74) is 2.89. The molecular weight excluding hydrogens is 424 g/mol. The summed E-state index contributed by atoms with van der Waals surface area (Å²) < 4.78 is 11.4. The van der Waals surface area contributed by atoms with Crippen molar-refractivity contribution in [3.63, 3.8) is 0 Å². The molecule has 174 valence electrons. The van der Waals surface area contributed by atoms with E-state index in [1.54, 1.807) is 0 Å². The van der Waals surface area contributed by atoms with Crippen molar-refractivity contribution in [1.82, 2.24) is 15.0 Å². The van der Waals surface area contributed by atoms with E-state index in [1.807, 2.05) is 26.0 Å². The molecule has 1 aliphatic carbocycles. The molecule has 0 spiro atoms. The molecule has 2 aromatic carbocycles. The van der Waals surface area contributed by atoms with E-state index in [1.165, 1.54) is 17.4 Å². The number of rotatable bonds is 6. The number of ether oxygens (including phenoxy) is 1. The number of fused-ring (bicyclic) bond motifs is 1. The average molecular weight is 455 g/mol. The van der Waals surface area contributed by atoms with Crippen molar-refractivity contribution in [2.24, 2.45) is 5.92 Å². The molecule has 2 unspecified atom stereocenters. The predicted octanol–water partition coefficient (Wildman–Crippen LogP) is 5.98. The highest BCUT2D eigenvalue weighted by Gasteiger charge is 2.25. The lowest BCUT2D eigenvalue weighted by atomic mass is 9.93. The highest BCUT2D eigenvalue weighted by atomic mass is 16.5. The monoisotopic (exact) mass is 454 g/mol. The Balaban J connectivity index is 1.41. The van der Waals surface area contributed by atoms with E-state index >= 15 is 0 Å². The van der Waals surface area contributed by atoms with Crippen LogP contribution in [-0.2, 0) is 11.3 Å². The minimum Gasteiger partial charge on any atom is -0.490 e. The van der Waals surface area contributed by atoms with Gasteiger partial charge in [-0.05, 0) is 55.1 Å². The molecule has 5 rings (SSSR count). The van der Waals surface area contributed by atoms with Gasteiger partial charge in [-0.15, -0.1) is 0 Å². The molecule has 0 bridgehead atoms. The zero-order chi connectivity index (χ0) is 23.7. The zero-order valence-electron chi connectivity index (χ0n) is 20.0. The van der Waals surface area contributed by atoms with E-state index < -0.39 is 0 Å². The predicted molar refractivity (Wildman–Crippen MR) is 132 cm³/mol. The Morgan fingerprint density at radius 1 is 1.21 bits per heavy atom. The van der Waals surface area contributed by atoms with Gasteiger partial charge in [0.05, 0.1) is 23.7 Å². The Morgan fingerprint density at radius 3 is 2.76 bits per heavy atom. The second-order valence-corrected chi connectivity index (χ2v) is 9.69. The molecule has 0 N–H and O–H groups in total. The van der Waals surface area contributed by atoms with Crippen LogP contribution >= 0.6 is 0 Å². The number of hydrogen-bond donors (Lipinski definition) is 0. The third kappa shape index (κ3) is 4.49. The fourth-order valence-corrected chi connectivity index (χ4v) is 4.93. The van der Waals surface area contributed by atoms with Gasteiger partial charge in [-0.1, -0.05) is 54.6 Å². The Labute approximate surface area is 200 Å². The third-order valence-corrected chi connectivity index (χ3v) is 6.62. The van der Waals surface area contributed by atoms with E-state index in [-0.39, 0.29) is 12.0 Å². The van der Waals surface area contributed by atoms with Crippen LogP contribution in [-0.4, -0.2) is 34.2 Å². The first-order chi connectivity index (χ1) is 16.5. The van der Waals surface area contributed by atoms with Crippen LogP contribution < -0.4 is 0 Å². The van der Waals surface area contributed by atoms with Crippen molar-refractivity contribution >= 4 is 10.8 Å². The summed E-state index contributed by atoms with van der Waals surface area (Å²) in [5, 5.41) is 16.3. The zero-order valence-corrected chi connectivity index (χ0v) is 20.0. The van der Waals surface area contributed by atoms with Crippen LogP contribution in [0.4, 0.5) is 0 Å². The SMILES string of the molecule is CC1CCN(Cc2ccc(-c3noc(C4C=CC(OC(C)C)=C(C#N)C4)n3)c3ccccc23)C1. The lowest BCUT2D eigenvalue weighted by Gasteiger charge is -2.18. The second kappa shape index (κ2) is 9.44. The number of aromatic nitrogens is 2. The summed E-state index contributed by atoms with van der Waals surface area (Å²) in [5.74, 6) is 2.34. The maximum atomic E-state index is 9.59. The standard InChI is InChI=1S/C28H30N4O2/c1-18(2)33-26-11-9-20(14-22(26)15-29)28-30-27(31-34-28)25-10-8-21(17-32-13-12-19(3)16-32)23-6-4-5-7-24(23)25/h4-11,18-20H,12-14,16-17H2,1-3H3. The van der Waals surface area contributed by atoms with Gasteiger partial charge in [0.15, 0.2) is 0 Å². The van der Waals surface area contributed by atoms with Crippen LogP contribution in [0, 0.1) is 17.2 Å². The minimum absolute atomic E-state index is 0.0136. The molecule has 0 saturated carbocycles. The normalized spacial score (nSPS) is 20.9. The van der Waals surface area contributed by atoms with Crippen LogP contribution in [0.25, 0.3) is 22.2 Å². The molecule has 2 aliphatic rings. The molecule has 6 heteroatoms. The fraction of sp³-hybridized carbons (Fsp3) is 0.393. The lowest BCUT2D eigenvalue weighted by molar-refractivity contribution is 0.154. The fourth-order valence-electron chi connectivity index (χ4n) is 4.93. The molecule has 2 atom stereocenters. The van der Waals surface area contributed by atoms with Crippen molar-refractivity contribution in [2.75, 3.05) is 13.1 Å². The summed E-state index contributed by atoms with van der Waals surface area (Å²) in [6.07, 6.45) is 5.60. The molecule has 0 radical (unpaired) electrons. The molecule has 1 aromatic heterocycles. The number of benzene rings is 2. The van der Waals surface area contributed by atoms with Gasteiger partial charge in [0.1, 0.15) is 5.76 Å². The van der Waals surface area contributed by atoms with E-state index in [0.717, 1.165) is 36.5 Å². The van der Waals surface area contributed by atoms with Gasteiger partial charge in [-0.3, -0.25) is 4.90 Å². The second-order valence-electron chi connectivity index (χ2n) is 9.69. The smallest absolute Gasteiger partial charge is 0.234 e. The number of allylic oxidation sites excluding steroid dienone is 3. The molecule has 34 heavy (non-hydrogen) atoms. The Morgan fingerprint density at radius 2 is 2.03 bits per heavy atom. The van der Waals surface area contributed by atoms with Crippen molar-refractivity contribution in [3.05, 3.63) is 71.3 Å². The Kier molecular flexibility index (Phi) is 6.21. The van der Waals surface area contributed by atoms with E-state index in [4.69, 9.17) is 14.2 Å². The minimum atomic E-state index is -0.141. The number of likely N-dealkylation sites (tertiary alicyclic amines) is 1. The van der Waals surface area contributed by atoms with Crippen LogP contribution in [0.1, 0.15) is 51.0 Å². The molecule has 3 aromatic rings. The van der Waals surface area contributed by atoms with Crippen LogP contribution in [0.2, 0.25) is 0 Å². The number of nitriles is 1. The van der Waals surface area contributed by atoms with Crippen LogP contribution in [0.15, 0.2) is 64.4 Å². The number of hydrogen-bond acceptors (Lipinski definition) is 6. The van der Waals surface area contributed by atoms with E-state index in [9.17, 15) is 5.26 Å². The molecule has 1 saturated heterocycles. The molecule has 0 amide bonds. The van der Waals surface area contributed by atoms with Crippen molar-refractivity contribution in [1.29, 1.82) is 5.26 Å². The highest BCUT2D eigenvalue weighted by Crippen LogP contribution is 2.34. The topological polar surface area (TPSA) is 75.2 Å². The van der Waals surface area contributed by atoms with Gasteiger partial charge >= 0.3 is 0 Å². The maximum absolute atomic E-state index is 9.59. The largest absolute Gasteiger partial charge is 0.490 e. The summed E-state index contributed by atoms with van der Waals surface area (Å²) in [6.45, 7) is 9.50. The van der Waals surface area contributed by atoms with Gasteiger partial charge in [0.2, 0.25) is 11.7 Å². The van der Waals surface area contributed by atoms with Crippen LogP contribution in [0.3, 0.4) is 0 Å². The lowest BCUT2D eigenvalue weighted by Crippen LogP contribution is -2.19. The first kappa shape index (κ1) is 22.4. The average Bonchev–Trinajstić information content (AvgIpc) is 3.48. The van der Waals surface area contributed by atoms with Gasteiger partial charge in [0, 0.05) is 25.1 Å². The molecule has 1 aliphatic heterocycles. The Hall–Kier alpha value is -3.43. The van der Waals surface area contributed by atoms with E-state index in [0.29, 0.717) is 29.5 Å². The van der Waals surface area contributed by atoms with Gasteiger partial charge < -0.3 is 9.26 Å². The first-order valence-corrected chi connectivity index (χ1v) is 12.1. The molecule has 2 heterocycles. The third-order valence-electron chi connectivity index (χ3n) is 6.62. The summed E-state index contributed by atoms with van der Waals surface area (Å²) in [7, 11) is 0. The van der Waals surface area contributed by atoms with Crippen molar-refractivity contribution < 1.29 is 9.26 Å². The Bertz CT molecular complexity index is 1300. The molecule has 1 fully saturated rings. The number of nitrogens with zero attached hydrogens (tertiary/aromatic N) is 4. The van der Waals surface area contributed by atoms with Gasteiger partial charge in [-0.25, -0.2) is 0 Å².